The fourth-order valence-electron chi connectivity index (χ4n) is 43.6. The average Bonchev–Trinajstić information content (AvgIpc) is 1.58. The molecule has 1 aromatic carbocycles. The first-order valence-corrected chi connectivity index (χ1v) is 63.7. The molecule has 4 aliphatic heterocycles. The van der Waals surface area contributed by atoms with Gasteiger partial charge in [0.05, 0.1) is 77.6 Å². The summed E-state index contributed by atoms with van der Waals surface area (Å²) in [7, 11) is -3.12. The predicted octanol–water partition coefficient (Wildman–Crippen LogP) is 30.0. The summed E-state index contributed by atoms with van der Waals surface area (Å²) >= 11 is 0. The summed E-state index contributed by atoms with van der Waals surface area (Å²) < 4.78 is 59.5. The number of ether oxygens (including phenoxy) is 4. The van der Waals surface area contributed by atoms with Gasteiger partial charge in [-0.15, -0.1) is 10.2 Å². The molecule has 16 saturated carbocycles. The molecule has 800 valence electrons. The lowest BCUT2D eigenvalue weighted by Gasteiger charge is -2.54. The van der Waals surface area contributed by atoms with Gasteiger partial charge in [0.25, 0.3) is 0 Å². The van der Waals surface area contributed by atoms with Crippen LogP contribution in [0.5, 0.6) is 0 Å². The van der Waals surface area contributed by atoms with Crippen LogP contribution < -0.4 is 15.4 Å². The van der Waals surface area contributed by atoms with Gasteiger partial charge < -0.3 is 29.6 Å². The minimum absolute atomic E-state index is 0.0519. The minimum Gasteiger partial charge on any atom is -0.371 e. The first-order valence-electron chi connectivity index (χ1n) is 61.8. The molecule has 6 heterocycles. The number of aromatic nitrogens is 6. The molecule has 17 heteroatoms. The highest BCUT2D eigenvalue weighted by molar-refractivity contribution is 7.88. The summed E-state index contributed by atoms with van der Waals surface area (Å²) in [6, 6.07) is 11.3. The number of allylic oxidation sites excluding steroid dienone is 4. The van der Waals surface area contributed by atoms with Crippen LogP contribution in [-0.4, -0.2) is 110 Å². The normalized spacial score (nSPS) is 50.1. The highest BCUT2D eigenvalue weighted by Crippen LogP contribution is 2.73. The number of anilines is 1. The Bertz CT molecular complexity index is 5260. The third-order valence-electron chi connectivity index (χ3n) is 51.7. The number of hydrogen-bond donors (Lipinski definition) is 3. The minimum atomic E-state index is -3.12. The van der Waals surface area contributed by atoms with E-state index < -0.39 is 10.0 Å². The Morgan fingerprint density at radius 2 is 0.648 bits per heavy atom. The molecule has 16 nitrogen and oxygen atoms in total. The lowest BCUT2D eigenvalue weighted by atomic mass is 9.52. The van der Waals surface area contributed by atoms with Gasteiger partial charge in [-0.25, -0.2) is 27.3 Å². The number of para-hydroxylation sites is 1. The van der Waals surface area contributed by atoms with E-state index in [4.69, 9.17) is 18.9 Å². The van der Waals surface area contributed by atoms with Crippen molar-refractivity contribution in [1.82, 2.24) is 40.0 Å². The number of urea groups is 1. The average molecular weight is 2000 g/mol. The number of fused-ring (bicyclic) bond motifs is 24. The summed E-state index contributed by atoms with van der Waals surface area (Å²) in [6.07, 6.45) is 74.0. The topological polar surface area (TPSA) is 186 Å². The molecule has 0 unspecified atom stereocenters. The van der Waals surface area contributed by atoms with E-state index in [0.717, 1.165) is 179 Å². The molecule has 4 spiro atoms. The van der Waals surface area contributed by atoms with E-state index in [2.05, 4.69) is 169 Å². The van der Waals surface area contributed by atoms with Gasteiger partial charge in [0, 0.05) is 30.2 Å². The van der Waals surface area contributed by atoms with Crippen molar-refractivity contribution in [3.63, 3.8) is 0 Å². The smallest absolute Gasteiger partial charge is 0.319 e. The molecule has 0 bridgehead atoms. The Labute approximate surface area is 876 Å². The van der Waals surface area contributed by atoms with E-state index in [1.165, 1.54) is 289 Å². The van der Waals surface area contributed by atoms with Crippen molar-refractivity contribution in [2.24, 2.45) is 187 Å². The van der Waals surface area contributed by atoms with Crippen LogP contribution in [-0.2, 0) is 29.0 Å². The number of rotatable bonds is 6. The molecule has 27 rings (SSSR count). The molecule has 145 heavy (non-hydrogen) atoms. The Kier molecular flexibility index (Phi) is 27.6. The number of carbonyl (C=O) groups excluding carboxylic acids is 1. The molecule has 4 saturated heterocycles. The lowest BCUT2D eigenvalue weighted by molar-refractivity contribution is -0.0770. The summed E-state index contributed by atoms with van der Waals surface area (Å²) in [5.41, 5.74) is 17.4. The van der Waals surface area contributed by atoms with E-state index in [-0.39, 0.29) is 34.5 Å². The summed E-state index contributed by atoms with van der Waals surface area (Å²) in [5, 5.41) is 23.3. The van der Waals surface area contributed by atoms with Crippen molar-refractivity contribution in [1.29, 1.82) is 0 Å². The molecule has 2 aromatic heterocycles. The number of sulfonamides is 1. The van der Waals surface area contributed by atoms with E-state index >= 15 is 0 Å². The standard InChI is InChI=1S/C36H52N2O2.2C31H47N3O.C30H49NO3S/c1-22-10-12-28-24(3)36(40-33(28)18-22)17-15-29-30-13-11-25-19-27(38-34(39)37-26-8-6-5-7-9-26)14-16-35(25,4)32(30)20-31(29)23(2)21-36;2*1-19-5-7-24-21(3)31(35-29(24)15-19)12-10-25-26-8-6-22-16-23(34-14-13-32-33-34)9-11-30(22,4)28(26)17-27(25)20(2)18-31;1-18-6-8-23-20(3)30(34-28(23)14-18)13-11-24-25-9-7-21-15-22(31-35(5,32)33)10-12-29(21,4)27(25)16-26(24)19(2)17-30/h5-9,22,24-25,27-30,32-33H,10-21H2,1-4H3,(H2,37,38,39);2*13-14,19,21-26,28-29H,5-12,15-18H2,1-4H3;18,20-25,27-28,31H,6-17H2,1-5H3/t22-,24-,25-,27+,28+,29+,30+,32+,33-,35+,36+;19-,21-,22-,23+,24+,25+,26+,28+,29-,30+,31+;19-,21-,22-,23-,24+,25+,26+,28+,29-,30+,31+;18-,20-,21-,22-,23+,24+,25+,27+,28-,29+,30+/m1111/s1. The number of amides is 2. The van der Waals surface area contributed by atoms with Gasteiger partial charge in [0.15, 0.2) is 0 Å². The summed E-state index contributed by atoms with van der Waals surface area (Å²) in [5.74, 6) is 22.6. The van der Waals surface area contributed by atoms with Crippen LogP contribution in [0.4, 0.5) is 10.5 Å². The van der Waals surface area contributed by atoms with Crippen molar-refractivity contribution in [3.05, 3.63) is 99.7 Å². The first kappa shape index (κ1) is 102. The number of nitrogens with zero attached hydrogens (tertiary/aromatic N) is 6. The first-order chi connectivity index (χ1) is 69.5. The van der Waals surface area contributed by atoms with E-state index in [0.29, 0.717) is 82.0 Å². The Morgan fingerprint density at radius 3 is 0.959 bits per heavy atom. The second kappa shape index (κ2) is 39.1. The SMILES string of the molecule is CC1=C2C[C@H]3[C@@H](CC[C@@H]4C[C@@H](NC(=O)Nc5ccccc5)CC[C@@]43C)[C@@H]2CC[C@@]2(C1)O[C@@H]1C[C@H](C)CC[C@H]1[C@H]2C.CC1=C2C[C@H]3[C@@H](CC[C@@H]4C[C@@H](n5ccnn5)CC[C@@]43C)[C@@H]2CC[C@@]2(C1)O[C@@H]1C[C@H](C)CC[C@H]1[C@H]2C.CC1=C2C[C@H]3[C@@H](CC[C@@H]4C[C@H](NS(C)(=O)=O)CC[C@@]43C)[C@@H]2CC[C@@]2(C1)O[C@@H]1C[C@H](C)CC[C@H]1[C@H]2C.CC1=C2C[C@H]3[C@@H](CC[C@@H]4C[C@H](n5ccnn5)CC[C@@]43C)[C@@H]2CC[C@@]2(C1)O[C@@H]1C[C@H](C)CC[C@H]1[C@H]2C. The fraction of sp³-hybridized carbons (Fsp3) is 0.852. The van der Waals surface area contributed by atoms with Crippen LogP contribution in [0, 0.1) is 187 Å². The van der Waals surface area contributed by atoms with Crippen molar-refractivity contribution < 1.29 is 32.2 Å². The van der Waals surface area contributed by atoms with Gasteiger partial charge in [0.2, 0.25) is 10.0 Å². The van der Waals surface area contributed by atoms with Crippen molar-refractivity contribution in [2.45, 2.75) is 490 Å². The quantitative estimate of drug-likeness (QED) is 0.199. The molecule has 44 atom stereocenters. The van der Waals surface area contributed by atoms with E-state index in [1.807, 2.05) is 65.0 Å². The molecular weight excluding hydrogens is 1810 g/mol. The van der Waals surface area contributed by atoms with Gasteiger partial charge in [-0.3, -0.25) is 0 Å². The molecule has 20 aliphatic carbocycles. The van der Waals surface area contributed by atoms with Gasteiger partial charge in [-0.2, -0.15) is 0 Å². The number of carbonyl (C=O) groups is 1. The van der Waals surface area contributed by atoms with Crippen molar-refractivity contribution in [3.8, 4) is 0 Å². The van der Waals surface area contributed by atoms with Crippen LogP contribution in [0.3, 0.4) is 0 Å². The van der Waals surface area contributed by atoms with Crippen LogP contribution >= 0.6 is 0 Å². The third-order valence-corrected chi connectivity index (χ3v) is 52.5. The largest absolute Gasteiger partial charge is 0.371 e. The molecule has 2 amide bonds. The molecular formula is C128H195N9O7S. The van der Waals surface area contributed by atoms with Crippen molar-refractivity contribution >= 4 is 21.7 Å². The lowest BCUT2D eigenvalue weighted by Crippen LogP contribution is -2.51. The number of hydrogen-bond acceptors (Lipinski definition) is 11. The highest BCUT2D eigenvalue weighted by atomic mass is 32.2. The third kappa shape index (κ3) is 18.0. The number of nitrogens with one attached hydrogen (secondary N) is 3. The van der Waals surface area contributed by atoms with E-state index in [9.17, 15) is 13.2 Å². The van der Waals surface area contributed by atoms with Gasteiger partial charge in [-0.05, 0) is 510 Å². The Morgan fingerprint density at radius 1 is 0.352 bits per heavy atom. The second-order valence-corrected chi connectivity index (χ2v) is 60.1. The van der Waals surface area contributed by atoms with Gasteiger partial charge in [-0.1, -0.05) is 182 Å². The maximum Gasteiger partial charge on any atom is 0.319 e. The maximum absolute atomic E-state index is 12.7. The second-order valence-electron chi connectivity index (χ2n) is 58.3. The van der Waals surface area contributed by atoms with Crippen LogP contribution in [0.1, 0.15) is 431 Å². The zero-order valence-corrected chi connectivity index (χ0v) is 94.2. The molecule has 0 radical (unpaired) electrons. The zero-order chi connectivity index (χ0) is 100. The molecule has 3 aromatic rings. The molecule has 20 fully saturated rings. The van der Waals surface area contributed by atoms with Crippen molar-refractivity contribution in [2.75, 3.05) is 11.6 Å². The van der Waals surface area contributed by atoms with Crippen LogP contribution in [0.2, 0.25) is 0 Å². The molecule has 24 aliphatic rings. The molecule has 3 N–H and O–H groups in total. The van der Waals surface area contributed by atoms with Crippen LogP contribution in [0.25, 0.3) is 0 Å². The highest BCUT2D eigenvalue weighted by Gasteiger charge is 2.67. The van der Waals surface area contributed by atoms with Crippen LogP contribution in [0.15, 0.2) is 99.7 Å². The summed E-state index contributed by atoms with van der Waals surface area (Å²) in [6.45, 7) is 40.4. The monoisotopic (exact) mass is 2000 g/mol. The Hall–Kier alpha value is -4.52. The zero-order valence-electron chi connectivity index (χ0n) is 93.4. The van der Waals surface area contributed by atoms with Gasteiger partial charge in [0.1, 0.15) is 0 Å². The van der Waals surface area contributed by atoms with E-state index in [1.54, 1.807) is 22.3 Å². The van der Waals surface area contributed by atoms with Gasteiger partial charge >= 0.3 is 6.03 Å². The number of benzene rings is 1. The fourth-order valence-corrected chi connectivity index (χ4v) is 44.4. The maximum atomic E-state index is 12.7. The summed E-state index contributed by atoms with van der Waals surface area (Å²) in [4.78, 5) is 12.7. The Balaban J connectivity index is 0.000000104. The predicted molar refractivity (Wildman–Crippen MR) is 581 cm³/mol.